The summed E-state index contributed by atoms with van der Waals surface area (Å²) < 4.78 is 12.0. The SMILES string of the molecule is O=C1COc2cccc(c2)-c2cncc(c2)C(=O)N[C@@H]2CN(C(=O)c3c[nH]c(=O)[nH]3)CC[C@@H]2Oc2ccc(cc2)CN1. The minimum atomic E-state index is -0.564. The fraction of sp³-hybridized carbons (Fsp3) is 0.233. The van der Waals surface area contributed by atoms with Crippen molar-refractivity contribution in [3.8, 4) is 22.6 Å². The van der Waals surface area contributed by atoms with E-state index in [4.69, 9.17) is 9.47 Å². The van der Waals surface area contributed by atoms with Crippen LogP contribution in [0.25, 0.3) is 11.1 Å². The Hall–Kier alpha value is -5.39. The Morgan fingerprint density at radius 1 is 0.952 bits per heavy atom. The maximum absolute atomic E-state index is 13.5. The number of nitrogens with zero attached hydrogens (tertiary/aromatic N) is 2. The molecule has 1 fully saturated rings. The van der Waals surface area contributed by atoms with E-state index in [1.165, 1.54) is 12.4 Å². The van der Waals surface area contributed by atoms with E-state index < -0.39 is 17.8 Å². The van der Waals surface area contributed by atoms with Gasteiger partial charge in [-0.3, -0.25) is 19.4 Å². The smallest absolute Gasteiger partial charge is 0.323 e. The van der Waals surface area contributed by atoms with Gasteiger partial charge in [-0.1, -0.05) is 24.3 Å². The van der Waals surface area contributed by atoms with Gasteiger partial charge in [-0.25, -0.2) is 4.79 Å². The molecular weight excluding hydrogens is 540 g/mol. The summed E-state index contributed by atoms with van der Waals surface area (Å²) in [6, 6.07) is 15.7. The average molecular weight is 569 g/mol. The number of likely N-dealkylation sites (tertiary alicyclic amines) is 1. The molecular formula is C30H28N6O6. The number of fused-ring (bicyclic) bond motifs is 7. The number of imidazole rings is 1. The second-order valence-corrected chi connectivity index (χ2v) is 10.1. The standard InChI is InChI=1S/C30H28N6O6/c37-27-17-41-23-3-1-2-19(11-23)20-10-21(14-31-13-20)28(38)34-25-16-36(29(39)24-15-33-30(40)35-24)9-8-26(25)42-22-6-4-18(5-7-22)12-32-27/h1-7,10-11,13-15,25-26H,8-9,12,16-17H2,(H,32,37)(H,34,38)(H2,33,35,40)/t25-,26+/m1/s1. The molecule has 1 saturated heterocycles. The number of benzene rings is 2. The van der Waals surface area contributed by atoms with Gasteiger partial charge in [0.25, 0.3) is 17.7 Å². The highest BCUT2D eigenvalue weighted by Gasteiger charge is 2.35. The third-order valence-electron chi connectivity index (χ3n) is 7.22. The van der Waals surface area contributed by atoms with Crippen LogP contribution in [0.15, 0.2) is 78.0 Å². The molecule has 12 nitrogen and oxygen atoms in total. The topological polar surface area (TPSA) is 159 Å². The number of amides is 3. The summed E-state index contributed by atoms with van der Waals surface area (Å²) >= 11 is 0. The van der Waals surface area contributed by atoms with Gasteiger partial charge in [0.2, 0.25) is 0 Å². The Morgan fingerprint density at radius 2 is 1.79 bits per heavy atom. The van der Waals surface area contributed by atoms with E-state index in [1.807, 2.05) is 18.2 Å². The average Bonchev–Trinajstić information content (AvgIpc) is 3.46. The van der Waals surface area contributed by atoms with E-state index in [0.717, 1.165) is 11.1 Å². The zero-order chi connectivity index (χ0) is 29.1. The molecule has 3 amide bonds. The van der Waals surface area contributed by atoms with Gasteiger partial charge in [-0.2, -0.15) is 0 Å². The second-order valence-electron chi connectivity index (χ2n) is 10.1. The lowest BCUT2D eigenvalue weighted by atomic mass is 10.00. The van der Waals surface area contributed by atoms with Crippen LogP contribution < -0.4 is 25.8 Å². The highest BCUT2D eigenvalue weighted by atomic mass is 16.5. The van der Waals surface area contributed by atoms with Crippen molar-refractivity contribution in [1.29, 1.82) is 0 Å². The van der Waals surface area contributed by atoms with Gasteiger partial charge >= 0.3 is 5.69 Å². The molecule has 4 aromatic rings. The van der Waals surface area contributed by atoms with Gasteiger partial charge in [-0.05, 0) is 41.5 Å². The van der Waals surface area contributed by atoms with E-state index in [-0.39, 0.29) is 36.6 Å². The zero-order valence-corrected chi connectivity index (χ0v) is 22.5. The number of H-pyrrole nitrogens is 2. The number of aromatic nitrogens is 3. The van der Waals surface area contributed by atoms with Crippen molar-refractivity contribution in [3.05, 3.63) is 100 Å². The second kappa shape index (κ2) is 11.6. The number of rotatable bonds is 1. The third kappa shape index (κ3) is 6.02. The van der Waals surface area contributed by atoms with E-state index in [9.17, 15) is 19.2 Å². The summed E-state index contributed by atoms with van der Waals surface area (Å²) in [4.78, 5) is 61.4. The van der Waals surface area contributed by atoms with Gasteiger partial charge in [0.05, 0.1) is 11.6 Å². The predicted octanol–water partition coefficient (Wildman–Crippen LogP) is 1.87. The molecule has 12 heteroatoms. The molecule has 0 unspecified atom stereocenters. The number of nitrogens with one attached hydrogen (secondary N) is 4. The highest BCUT2D eigenvalue weighted by Crippen LogP contribution is 2.25. The van der Waals surface area contributed by atoms with Crippen LogP contribution in [0.2, 0.25) is 0 Å². The van der Waals surface area contributed by atoms with Crippen LogP contribution in [0.4, 0.5) is 0 Å². The predicted molar refractivity (Wildman–Crippen MR) is 151 cm³/mol. The van der Waals surface area contributed by atoms with Crippen molar-refractivity contribution >= 4 is 17.7 Å². The van der Waals surface area contributed by atoms with Crippen LogP contribution >= 0.6 is 0 Å². The quantitative estimate of drug-likeness (QED) is 0.273. The fourth-order valence-corrected chi connectivity index (χ4v) is 5.01. The highest BCUT2D eigenvalue weighted by molar-refractivity contribution is 5.95. The van der Waals surface area contributed by atoms with Crippen LogP contribution in [-0.4, -0.2) is 69.4 Å². The monoisotopic (exact) mass is 568 g/mol. The molecule has 2 atom stereocenters. The summed E-state index contributed by atoms with van der Waals surface area (Å²) in [5, 5.41) is 5.90. The van der Waals surface area contributed by atoms with Crippen molar-refractivity contribution < 1.29 is 23.9 Å². The first kappa shape index (κ1) is 26.8. The Bertz CT molecular complexity index is 1680. The molecule has 214 valence electrons. The van der Waals surface area contributed by atoms with E-state index >= 15 is 0 Å². The van der Waals surface area contributed by atoms with Gasteiger partial charge in [0.1, 0.15) is 23.3 Å². The lowest BCUT2D eigenvalue weighted by Gasteiger charge is -2.38. The molecule has 7 rings (SSSR count). The molecule has 5 heterocycles. The van der Waals surface area contributed by atoms with Crippen molar-refractivity contribution in [2.45, 2.75) is 25.1 Å². The van der Waals surface area contributed by atoms with Gasteiger partial charge < -0.3 is 35.0 Å². The van der Waals surface area contributed by atoms with Crippen molar-refractivity contribution in [1.82, 2.24) is 30.5 Å². The first-order valence-electron chi connectivity index (χ1n) is 13.5. The Labute approximate surface area is 240 Å². The molecule has 2 aromatic heterocycles. The minimum absolute atomic E-state index is 0.142. The largest absolute Gasteiger partial charge is 0.488 e. The number of hydrogen-bond acceptors (Lipinski definition) is 7. The van der Waals surface area contributed by atoms with Crippen molar-refractivity contribution in [2.75, 3.05) is 19.7 Å². The molecule has 4 N–H and O–H groups in total. The summed E-state index contributed by atoms with van der Waals surface area (Å²) in [5.41, 5.74) is 2.33. The number of aromatic amines is 2. The van der Waals surface area contributed by atoms with Crippen LogP contribution in [0.5, 0.6) is 11.5 Å². The number of carbonyl (C=O) groups excluding carboxylic acids is 3. The van der Waals surface area contributed by atoms with Crippen LogP contribution in [0.3, 0.4) is 0 Å². The molecule has 0 saturated carbocycles. The Morgan fingerprint density at radius 3 is 2.60 bits per heavy atom. The number of ether oxygens (including phenoxy) is 2. The van der Waals surface area contributed by atoms with Crippen LogP contribution in [-0.2, 0) is 11.3 Å². The number of hydrogen-bond donors (Lipinski definition) is 4. The molecule has 3 aliphatic heterocycles. The molecule has 3 aliphatic rings. The molecule has 42 heavy (non-hydrogen) atoms. The Kier molecular flexibility index (Phi) is 7.41. The summed E-state index contributed by atoms with van der Waals surface area (Å²) in [6.07, 6.45) is 4.45. The first-order chi connectivity index (χ1) is 20.4. The normalized spacial score (nSPS) is 19.0. The molecule has 2 aromatic carbocycles. The van der Waals surface area contributed by atoms with Gasteiger partial charge in [-0.15, -0.1) is 0 Å². The Balaban J connectivity index is 1.31. The van der Waals surface area contributed by atoms with Crippen molar-refractivity contribution in [2.24, 2.45) is 0 Å². The summed E-state index contributed by atoms with van der Waals surface area (Å²) in [7, 11) is 0. The number of carbonyl (C=O) groups is 3. The lowest BCUT2D eigenvalue weighted by molar-refractivity contribution is -0.123. The summed E-state index contributed by atoms with van der Waals surface area (Å²) in [5.74, 6) is 0.102. The van der Waals surface area contributed by atoms with Crippen molar-refractivity contribution in [3.63, 3.8) is 0 Å². The third-order valence-corrected chi connectivity index (χ3v) is 7.22. The minimum Gasteiger partial charge on any atom is -0.488 e. The lowest BCUT2D eigenvalue weighted by Crippen LogP contribution is -2.58. The van der Waals surface area contributed by atoms with E-state index in [0.29, 0.717) is 42.1 Å². The molecule has 0 radical (unpaired) electrons. The van der Waals surface area contributed by atoms with Crippen LogP contribution in [0, 0.1) is 0 Å². The van der Waals surface area contributed by atoms with Crippen LogP contribution in [0.1, 0.15) is 32.8 Å². The molecule has 0 spiro atoms. The van der Waals surface area contributed by atoms with E-state index in [2.05, 4.69) is 25.6 Å². The van der Waals surface area contributed by atoms with Gasteiger partial charge in [0, 0.05) is 50.2 Å². The first-order valence-corrected chi connectivity index (χ1v) is 13.5. The van der Waals surface area contributed by atoms with E-state index in [1.54, 1.807) is 47.5 Å². The maximum atomic E-state index is 13.5. The summed E-state index contributed by atoms with van der Waals surface area (Å²) in [6.45, 7) is 0.706. The number of pyridine rings is 1. The molecule has 6 bridgehead atoms. The fourth-order valence-electron chi connectivity index (χ4n) is 5.01. The maximum Gasteiger partial charge on any atom is 0.323 e. The number of piperidine rings is 1. The molecule has 0 aliphatic carbocycles. The van der Waals surface area contributed by atoms with Gasteiger partial charge in [0.15, 0.2) is 6.61 Å². The zero-order valence-electron chi connectivity index (χ0n) is 22.5.